The SMILES string of the molecule is CCCC[C@@H](O)[C@@H](N)c1c(F)cc(C(F)(F)F)cc1C(F)(F)F. The fraction of sp³-hybridized carbons (Fsp3) is 0.571. The zero-order valence-electron chi connectivity index (χ0n) is 12.1. The van der Waals surface area contributed by atoms with Crippen LogP contribution < -0.4 is 5.73 Å². The zero-order chi connectivity index (χ0) is 18.0. The van der Waals surface area contributed by atoms with E-state index in [0.717, 1.165) is 0 Å². The maximum Gasteiger partial charge on any atom is 0.416 e. The van der Waals surface area contributed by atoms with Gasteiger partial charge in [0, 0.05) is 5.56 Å². The summed E-state index contributed by atoms with van der Waals surface area (Å²) in [6.45, 7) is 1.76. The Labute approximate surface area is 128 Å². The van der Waals surface area contributed by atoms with Crippen molar-refractivity contribution in [1.29, 1.82) is 0 Å². The largest absolute Gasteiger partial charge is 0.416 e. The van der Waals surface area contributed by atoms with E-state index in [1.165, 1.54) is 0 Å². The van der Waals surface area contributed by atoms with Gasteiger partial charge in [-0.05, 0) is 18.6 Å². The van der Waals surface area contributed by atoms with Crippen LogP contribution >= 0.6 is 0 Å². The second-order valence-corrected chi connectivity index (χ2v) is 5.15. The monoisotopic (exact) mass is 347 g/mol. The molecule has 2 nitrogen and oxygen atoms in total. The van der Waals surface area contributed by atoms with Gasteiger partial charge in [-0.15, -0.1) is 0 Å². The third-order valence-electron chi connectivity index (χ3n) is 3.36. The number of hydrogen-bond donors (Lipinski definition) is 2. The summed E-state index contributed by atoms with van der Waals surface area (Å²) in [5, 5.41) is 9.76. The van der Waals surface area contributed by atoms with E-state index in [1.807, 2.05) is 0 Å². The Morgan fingerprint density at radius 1 is 1.09 bits per heavy atom. The molecule has 0 heterocycles. The van der Waals surface area contributed by atoms with E-state index in [1.54, 1.807) is 6.92 Å². The summed E-state index contributed by atoms with van der Waals surface area (Å²) in [7, 11) is 0. The Balaban J connectivity index is 3.41. The van der Waals surface area contributed by atoms with E-state index in [-0.39, 0.29) is 18.6 Å². The molecular formula is C14H16F7NO. The van der Waals surface area contributed by atoms with Gasteiger partial charge in [-0.25, -0.2) is 4.39 Å². The molecule has 0 amide bonds. The van der Waals surface area contributed by atoms with Crippen molar-refractivity contribution in [3.05, 3.63) is 34.6 Å². The van der Waals surface area contributed by atoms with Crippen molar-refractivity contribution in [2.75, 3.05) is 0 Å². The second kappa shape index (κ2) is 7.04. The topological polar surface area (TPSA) is 46.2 Å². The number of nitrogens with two attached hydrogens (primary N) is 1. The van der Waals surface area contributed by atoms with E-state index >= 15 is 0 Å². The van der Waals surface area contributed by atoms with Crippen LogP contribution in [0.25, 0.3) is 0 Å². The first-order chi connectivity index (χ1) is 10.4. The summed E-state index contributed by atoms with van der Waals surface area (Å²) in [5.74, 6) is -1.74. The Bertz CT molecular complexity index is 539. The van der Waals surface area contributed by atoms with Crippen molar-refractivity contribution in [3.8, 4) is 0 Å². The van der Waals surface area contributed by atoms with Gasteiger partial charge in [0.15, 0.2) is 0 Å². The van der Waals surface area contributed by atoms with Crippen LogP contribution in [0.5, 0.6) is 0 Å². The van der Waals surface area contributed by atoms with Gasteiger partial charge in [0.2, 0.25) is 0 Å². The first-order valence-electron chi connectivity index (χ1n) is 6.81. The van der Waals surface area contributed by atoms with Crippen LogP contribution in [0.2, 0.25) is 0 Å². The molecule has 0 bridgehead atoms. The van der Waals surface area contributed by atoms with E-state index in [4.69, 9.17) is 5.73 Å². The predicted molar refractivity (Wildman–Crippen MR) is 68.9 cm³/mol. The highest BCUT2D eigenvalue weighted by atomic mass is 19.4. The summed E-state index contributed by atoms with van der Waals surface area (Å²) in [5.41, 5.74) is 0.719. The molecule has 9 heteroatoms. The van der Waals surface area contributed by atoms with Crippen LogP contribution in [-0.2, 0) is 12.4 Å². The maximum absolute atomic E-state index is 13.9. The molecule has 3 N–H and O–H groups in total. The van der Waals surface area contributed by atoms with Crippen LogP contribution in [-0.4, -0.2) is 11.2 Å². The molecule has 0 spiro atoms. The normalized spacial score (nSPS) is 15.6. The van der Waals surface area contributed by atoms with Gasteiger partial charge < -0.3 is 10.8 Å². The van der Waals surface area contributed by atoms with Gasteiger partial charge in [-0.1, -0.05) is 19.8 Å². The van der Waals surface area contributed by atoms with Crippen molar-refractivity contribution in [1.82, 2.24) is 0 Å². The molecule has 0 fully saturated rings. The molecule has 1 aromatic rings. The molecule has 0 saturated carbocycles. The van der Waals surface area contributed by atoms with Gasteiger partial charge in [0.05, 0.1) is 23.3 Å². The third kappa shape index (κ3) is 4.81. The minimum atomic E-state index is -5.24. The quantitative estimate of drug-likeness (QED) is 0.775. The van der Waals surface area contributed by atoms with Gasteiger partial charge in [0.25, 0.3) is 0 Å². The van der Waals surface area contributed by atoms with Gasteiger partial charge >= 0.3 is 12.4 Å². The molecule has 1 aromatic carbocycles. The Kier molecular flexibility index (Phi) is 6.03. The highest BCUT2D eigenvalue weighted by Gasteiger charge is 2.41. The summed E-state index contributed by atoms with van der Waals surface area (Å²) >= 11 is 0. The zero-order valence-corrected chi connectivity index (χ0v) is 12.1. The standard InChI is InChI=1S/C14H16F7NO/c1-2-3-4-10(23)12(22)11-8(14(19,20)21)5-7(6-9(11)15)13(16,17)18/h5-6,10,12,23H,2-4,22H2,1H3/t10-,12-/m1/s1. The lowest BCUT2D eigenvalue weighted by molar-refractivity contribution is -0.144. The lowest BCUT2D eigenvalue weighted by atomic mass is 9.92. The number of alkyl halides is 6. The first kappa shape index (κ1) is 19.7. The smallest absolute Gasteiger partial charge is 0.391 e. The molecule has 0 unspecified atom stereocenters. The summed E-state index contributed by atoms with van der Waals surface area (Å²) < 4.78 is 90.7. The maximum atomic E-state index is 13.9. The van der Waals surface area contributed by atoms with Crippen LogP contribution in [0.4, 0.5) is 30.7 Å². The Morgan fingerprint density at radius 3 is 2.09 bits per heavy atom. The fourth-order valence-electron chi connectivity index (χ4n) is 2.14. The van der Waals surface area contributed by atoms with E-state index in [0.29, 0.717) is 12.8 Å². The Morgan fingerprint density at radius 2 is 1.65 bits per heavy atom. The predicted octanol–water partition coefficient (Wildman–Crippen LogP) is 4.41. The highest BCUT2D eigenvalue weighted by Crippen LogP contribution is 2.40. The molecule has 0 radical (unpaired) electrons. The van der Waals surface area contributed by atoms with Gasteiger partial charge in [-0.2, -0.15) is 26.3 Å². The lowest BCUT2D eigenvalue weighted by Gasteiger charge is -2.24. The molecule has 1 rings (SSSR count). The molecule has 2 atom stereocenters. The second-order valence-electron chi connectivity index (χ2n) is 5.15. The molecule has 23 heavy (non-hydrogen) atoms. The minimum Gasteiger partial charge on any atom is -0.391 e. The summed E-state index contributed by atoms with van der Waals surface area (Å²) in [4.78, 5) is 0. The average Bonchev–Trinajstić information content (AvgIpc) is 2.41. The number of rotatable bonds is 5. The van der Waals surface area contributed by atoms with Crippen LogP contribution in [0.3, 0.4) is 0 Å². The number of hydrogen-bond acceptors (Lipinski definition) is 2. The van der Waals surface area contributed by atoms with Crippen molar-refractivity contribution in [3.63, 3.8) is 0 Å². The summed E-state index contributed by atoms with van der Waals surface area (Å²) in [6, 6.07) is -2.01. The number of halogens is 7. The van der Waals surface area contributed by atoms with Crippen LogP contribution in [0, 0.1) is 5.82 Å². The number of aliphatic hydroxyl groups excluding tert-OH is 1. The molecular weight excluding hydrogens is 331 g/mol. The van der Waals surface area contributed by atoms with E-state index in [2.05, 4.69) is 0 Å². The first-order valence-corrected chi connectivity index (χ1v) is 6.81. The van der Waals surface area contributed by atoms with Gasteiger partial charge in [-0.3, -0.25) is 0 Å². The Hall–Kier alpha value is -1.35. The fourth-order valence-corrected chi connectivity index (χ4v) is 2.14. The molecule has 0 aliphatic heterocycles. The van der Waals surface area contributed by atoms with Crippen molar-refractivity contribution in [2.45, 2.75) is 50.7 Å². The molecule has 0 saturated heterocycles. The lowest BCUT2D eigenvalue weighted by Crippen LogP contribution is -2.30. The van der Waals surface area contributed by atoms with Crippen molar-refractivity contribution >= 4 is 0 Å². The van der Waals surface area contributed by atoms with Crippen LogP contribution in [0.15, 0.2) is 12.1 Å². The number of benzene rings is 1. The summed E-state index contributed by atoms with van der Waals surface area (Å²) in [6.07, 6.45) is -10.8. The van der Waals surface area contributed by atoms with E-state index < -0.39 is 47.0 Å². The van der Waals surface area contributed by atoms with Gasteiger partial charge in [0.1, 0.15) is 5.82 Å². The molecule has 132 valence electrons. The molecule has 0 aliphatic carbocycles. The van der Waals surface area contributed by atoms with Crippen molar-refractivity contribution in [2.24, 2.45) is 5.73 Å². The highest BCUT2D eigenvalue weighted by molar-refractivity contribution is 5.39. The van der Waals surface area contributed by atoms with Crippen molar-refractivity contribution < 1.29 is 35.8 Å². The minimum absolute atomic E-state index is 0.00935. The number of unbranched alkanes of at least 4 members (excludes halogenated alkanes) is 1. The van der Waals surface area contributed by atoms with Crippen LogP contribution in [0.1, 0.15) is 48.9 Å². The molecule has 0 aromatic heterocycles. The number of aliphatic hydroxyl groups is 1. The third-order valence-corrected chi connectivity index (χ3v) is 3.36. The average molecular weight is 347 g/mol. The van der Waals surface area contributed by atoms with E-state index in [9.17, 15) is 35.8 Å². The molecule has 0 aliphatic rings.